The zero-order chi connectivity index (χ0) is 14.5. The smallest absolute Gasteiger partial charge is 0.132 e. The first kappa shape index (κ1) is 13.8. The van der Waals surface area contributed by atoms with Gasteiger partial charge in [0.15, 0.2) is 0 Å². The predicted molar refractivity (Wildman–Crippen MR) is 68.4 cm³/mol. The Balaban J connectivity index is 2.16. The maximum atomic E-state index is 13.4. The summed E-state index contributed by atoms with van der Waals surface area (Å²) in [5, 5.41) is 8.88. The molecule has 0 aliphatic carbocycles. The summed E-state index contributed by atoms with van der Waals surface area (Å²) in [6.07, 6.45) is 0. The summed E-state index contributed by atoms with van der Waals surface area (Å²) in [5.74, 6) is -0.462. The highest BCUT2D eigenvalue weighted by molar-refractivity contribution is 5.43. The van der Waals surface area contributed by atoms with Crippen LogP contribution in [0.5, 0.6) is 11.5 Å². The molecule has 0 atom stereocenters. The molecule has 20 heavy (non-hydrogen) atoms. The van der Waals surface area contributed by atoms with Crippen molar-refractivity contribution in [2.45, 2.75) is 6.61 Å². The summed E-state index contributed by atoms with van der Waals surface area (Å²) < 4.78 is 36.7. The minimum absolute atomic E-state index is 0.0653. The van der Waals surface area contributed by atoms with Gasteiger partial charge in [0.25, 0.3) is 0 Å². The number of nitrogens with zero attached hydrogens (tertiary/aromatic N) is 1. The van der Waals surface area contributed by atoms with Crippen molar-refractivity contribution in [2.75, 3.05) is 7.11 Å². The molecule has 0 radical (unpaired) electrons. The number of nitriles is 1. The maximum absolute atomic E-state index is 13.4. The quantitative estimate of drug-likeness (QED) is 0.858. The monoisotopic (exact) mass is 275 g/mol. The summed E-state index contributed by atoms with van der Waals surface area (Å²) in [6.45, 7) is -0.0653. The number of ether oxygens (including phenoxy) is 2. The Bertz CT molecular complexity index is 665. The van der Waals surface area contributed by atoms with E-state index in [1.54, 1.807) is 12.1 Å². The molecular weight excluding hydrogens is 264 g/mol. The zero-order valence-corrected chi connectivity index (χ0v) is 10.7. The maximum Gasteiger partial charge on any atom is 0.132 e. The molecular formula is C15H11F2NO2. The van der Waals surface area contributed by atoms with Crippen LogP contribution in [0.4, 0.5) is 8.78 Å². The van der Waals surface area contributed by atoms with Crippen LogP contribution in [0, 0.1) is 23.0 Å². The second-order valence-corrected chi connectivity index (χ2v) is 4.03. The fourth-order valence-electron chi connectivity index (χ4n) is 1.64. The summed E-state index contributed by atoms with van der Waals surface area (Å²) >= 11 is 0. The van der Waals surface area contributed by atoms with E-state index in [1.807, 2.05) is 6.07 Å². The molecule has 0 aliphatic heterocycles. The molecule has 0 spiro atoms. The number of hydrogen-bond donors (Lipinski definition) is 0. The van der Waals surface area contributed by atoms with Crippen LogP contribution in [-0.2, 0) is 6.61 Å². The second kappa shape index (κ2) is 6.02. The van der Waals surface area contributed by atoms with E-state index in [2.05, 4.69) is 0 Å². The van der Waals surface area contributed by atoms with Crippen LogP contribution in [-0.4, -0.2) is 7.11 Å². The third-order valence-corrected chi connectivity index (χ3v) is 2.65. The highest BCUT2D eigenvalue weighted by Crippen LogP contribution is 2.23. The van der Waals surface area contributed by atoms with Gasteiger partial charge in [0.1, 0.15) is 29.7 Å². The van der Waals surface area contributed by atoms with Crippen LogP contribution < -0.4 is 9.47 Å². The Morgan fingerprint density at radius 3 is 2.50 bits per heavy atom. The minimum Gasteiger partial charge on any atom is -0.497 e. The Labute approximate surface area is 115 Å². The van der Waals surface area contributed by atoms with Crippen LogP contribution in [0.15, 0.2) is 36.4 Å². The first-order chi connectivity index (χ1) is 9.62. The van der Waals surface area contributed by atoms with E-state index < -0.39 is 11.6 Å². The molecule has 2 aromatic rings. The Hall–Kier alpha value is -2.61. The molecule has 102 valence electrons. The van der Waals surface area contributed by atoms with Crippen LogP contribution in [0.2, 0.25) is 0 Å². The lowest BCUT2D eigenvalue weighted by Crippen LogP contribution is -1.99. The van der Waals surface area contributed by atoms with Crippen LogP contribution in [0.25, 0.3) is 0 Å². The highest BCUT2D eigenvalue weighted by atomic mass is 19.1. The minimum atomic E-state index is -0.673. The molecule has 0 heterocycles. The van der Waals surface area contributed by atoms with Crippen LogP contribution >= 0.6 is 0 Å². The number of methoxy groups -OCH3 is 1. The lowest BCUT2D eigenvalue weighted by Gasteiger charge is -2.09. The van der Waals surface area contributed by atoms with Gasteiger partial charge in [0.05, 0.1) is 18.7 Å². The summed E-state index contributed by atoms with van der Waals surface area (Å²) in [5.41, 5.74) is 0.603. The molecule has 0 saturated heterocycles. The van der Waals surface area contributed by atoms with Gasteiger partial charge >= 0.3 is 0 Å². The average Bonchev–Trinajstić information content (AvgIpc) is 2.46. The molecule has 0 unspecified atom stereocenters. The van der Waals surface area contributed by atoms with Crippen molar-refractivity contribution >= 4 is 0 Å². The number of hydrogen-bond acceptors (Lipinski definition) is 3. The SMILES string of the molecule is COc1cc(C#N)cc(OCc2ccc(F)cc2F)c1. The van der Waals surface area contributed by atoms with Gasteiger partial charge in [0, 0.05) is 17.7 Å². The molecule has 0 saturated carbocycles. The molecule has 2 aromatic carbocycles. The Morgan fingerprint density at radius 2 is 1.85 bits per heavy atom. The van der Waals surface area contributed by atoms with Gasteiger partial charge in [-0.15, -0.1) is 0 Å². The summed E-state index contributed by atoms with van der Waals surface area (Å²) in [4.78, 5) is 0. The van der Waals surface area contributed by atoms with Crippen molar-refractivity contribution in [3.63, 3.8) is 0 Å². The van der Waals surface area contributed by atoms with Gasteiger partial charge in [-0.05, 0) is 24.3 Å². The van der Waals surface area contributed by atoms with Gasteiger partial charge < -0.3 is 9.47 Å². The van der Waals surface area contributed by atoms with Crippen molar-refractivity contribution in [1.82, 2.24) is 0 Å². The van der Waals surface area contributed by atoms with Crippen molar-refractivity contribution in [1.29, 1.82) is 5.26 Å². The van der Waals surface area contributed by atoms with Gasteiger partial charge in [-0.3, -0.25) is 0 Å². The molecule has 5 heteroatoms. The van der Waals surface area contributed by atoms with Gasteiger partial charge in [0.2, 0.25) is 0 Å². The van der Waals surface area contributed by atoms with E-state index >= 15 is 0 Å². The standard InChI is InChI=1S/C15H11F2NO2/c1-19-13-4-10(8-18)5-14(7-13)20-9-11-2-3-12(16)6-15(11)17/h2-7H,9H2,1H3. The second-order valence-electron chi connectivity index (χ2n) is 4.03. The molecule has 3 nitrogen and oxygen atoms in total. The van der Waals surface area contributed by atoms with Gasteiger partial charge in [-0.2, -0.15) is 5.26 Å². The van der Waals surface area contributed by atoms with E-state index in [0.717, 1.165) is 12.1 Å². The molecule has 0 aromatic heterocycles. The van der Waals surface area contributed by atoms with E-state index in [0.29, 0.717) is 17.1 Å². The molecule has 0 aliphatic rings. The van der Waals surface area contributed by atoms with Crippen molar-refractivity contribution in [3.8, 4) is 17.6 Å². The lowest BCUT2D eigenvalue weighted by atomic mass is 10.2. The van der Waals surface area contributed by atoms with E-state index in [1.165, 1.54) is 19.2 Å². The zero-order valence-electron chi connectivity index (χ0n) is 10.7. The fourth-order valence-corrected chi connectivity index (χ4v) is 1.64. The topological polar surface area (TPSA) is 42.2 Å². The Kier molecular flexibility index (Phi) is 4.16. The molecule has 0 amide bonds. The number of rotatable bonds is 4. The fraction of sp³-hybridized carbons (Fsp3) is 0.133. The van der Waals surface area contributed by atoms with Gasteiger partial charge in [-0.25, -0.2) is 8.78 Å². The molecule has 0 N–H and O–H groups in total. The average molecular weight is 275 g/mol. The molecule has 2 rings (SSSR count). The summed E-state index contributed by atoms with van der Waals surface area (Å²) in [7, 11) is 1.47. The molecule has 0 fully saturated rings. The van der Waals surface area contributed by atoms with Crippen LogP contribution in [0.3, 0.4) is 0 Å². The van der Waals surface area contributed by atoms with E-state index in [9.17, 15) is 8.78 Å². The number of benzene rings is 2. The Morgan fingerprint density at radius 1 is 1.10 bits per heavy atom. The van der Waals surface area contributed by atoms with Crippen LogP contribution in [0.1, 0.15) is 11.1 Å². The molecule has 0 bridgehead atoms. The first-order valence-corrected chi connectivity index (χ1v) is 5.78. The number of halogens is 2. The summed E-state index contributed by atoms with van der Waals surface area (Å²) in [6, 6.07) is 9.91. The predicted octanol–water partition coefficient (Wildman–Crippen LogP) is 3.42. The largest absolute Gasteiger partial charge is 0.497 e. The third kappa shape index (κ3) is 3.23. The highest BCUT2D eigenvalue weighted by Gasteiger charge is 2.06. The van der Waals surface area contributed by atoms with Crippen molar-refractivity contribution in [3.05, 3.63) is 59.2 Å². The van der Waals surface area contributed by atoms with E-state index in [-0.39, 0.29) is 12.2 Å². The normalized spacial score (nSPS) is 9.90. The van der Waals surface area contributed by atoms with Crippen molar-refractivity contribution in [2.24, 2.45) is 0 Å². The van der Waals surface area contributed by atoms with E-state index in [4.69, 9.17) is 14.7 Å². The third-order valence-electron chi connectivity index (χ3n) is 2.65. The lowest BCUT2D eigenvalue weighted by molar-refractivity contribution is 0.297. The first-order valence-electron chi connectivity index (χ1n) is 5.78. The van der Waals surface area contributed by atoms with Gasteiger partial charge in [-0.1, -0.05) is 0 Å². The van der Waals surface area contributed by atoms with Crippen molar-refractivity contribution < 1.29 is 18.3 Å².